The van der Waals surface area contributed by atoms with Crippen LogP contribution >= 0.6 is 0 Å². The van der Waals surface area contributed by atoms with Gasteiger partial charge in [-0.05, 0) is 49.2 Å². The van der Waals surface area contributed by atoms with Crippen LogP contribution in [0.1, 0.15) is 11.1 Å². The van der Waals surface area contributed by atoms with Crippen molar-refractivity contribution in [1.29, 1.82) is 0 Å². The molecule has 3 heteroatoms. The zero-order valence-corrected chi connectivity index (χ0v) is 10.1. The van der Waals surface area contributed by atoms with Gasteiger partial charge in [0.2, 0.25) is 0 Å². The van der Waals surface area contributed by atoms with Crippen LogP contribution in [-0.2, 0) is 0 Å². The fourth-order valence-corrected chi connectivity index (χ4v) is 1.32. The van der Waals surface area contributed by atoms with E-state index in [0.717, 1.165) is 11.3 Å². The molecule has 2 aromatic rings. The van der Waals surface area contributed by atoms with Crippen molar-refractivity contribution in [3.05, 3.63) is 53.6 Å². The van der Waals surface area contributed by atoms with Crippen LogP contribution in [0.2, 0.25) is 0 Å². The first-order valence-corrected chi connectivity index (χ1v) is 5.36. The van der Waals surface area contributed by atoms with Gasteiger partial charge >= 0.3 is 0 Å². The highest BCUT2D eigenvalue weighted by atomic mass is 16.3. The summed E-state index contributed by atoms with van der Waals surface area (Å²) in [6, 6.07) is 13.0. The third-order valence-electron chi connectivity index (χ3n) is 2.23. The fourth-order valence-electron chi connectivity index (χ4n) is 1.32. The van der Waals surface area contributed by atoms with E-state index in [1.807, 2.05) is 44.2 Å². The molecule has 0 aliphatic carbocycles. The SMILES string of the molecule is Cc1ccc(N)c(O)c1.Cc1cccc(N)c1. The van der Waals surface area contributed by atoms with Gasteiger partial charge in [0, 0.05) is 5.69 Å². The molecule has 0 saturated carbocycles. The van der Waals surface area contributed by atoms with E-state index in [1.54, 1.807) is 12.1 Å². The molecule has 0 spiro atoms. The molecule has 0 aromatic heterocycles. The summed E-state index contributed by atoms with van der Waals surface area (Å²) in [7, 11) is 0. The van der Waals surface area contributed by atoms with E-state index < -0.39 is 0 Å². The van der Waals surface area contributed by atoms with Crippen LogP contribution in [0.15, 0.2) is 42.5 Å². The quantitative estimate of drug-likeness (QED) is 0.481. The highest BCUT2D eigenvalue weighted by molar-refractivity contribution is 5.52. The molecule has 0 aliphatic heterocycles. The van der Waals surface area contributed by atoms with E-state index >= 15 is 0 Å². The van der Waals surface area contributed by atoms with E-state index in [1.165, 1.54) is 5.56 Å². The lowest BCUT2D eigenvalue weighted by atomic mass is 10.2. The number of nitrogens with two attached hydrogens (primary N) is 2. The van der Waals surface area contributed by atoms with Crippen molar-refractivity contribution in [3.63, 3.8) is 0 Å². The second-order valence-corrected chi connectivity index (χ2v) is 3.98. The van der Waals surface area contributed by atoms with Crippen molar-refractivity contribution >= 4 is 11.4 Å². The van der Waals surface area contributed by atoms with Crippen LogP contribution < -0.4 is 11.5 Å². The third-order valence-corrected chi connectivity index (χ3v) is 2.23. The summed E-state index contributed by atoms with van der Waals surface area (Å²) in [5, 5.41) is 8.98. The second kappa shape index (κ2) is 5.80. The maximum atomic E-state index is 8.98. The Morgan fingerprint density at radius 2 is 1.53 bits per heavy atom. The molecule has 0 heterocycles. The Bertz CT molecular complexity index is 478. The van der Waals surface area contributed by atoms with E-state index in [-0.39, 0.29) is 5.75 Å². The lowest BCUT2D eigenvalue weighted by molar-refractivity contribution is 0.477. The fraction of sp³-hybridized carbons (Fsp3) is 0.143. The third kappa shape index (κ3) is 4.47. The zero-order valence-electron chi connectivity index (χ0n) is 10.1. The molecular formula is C14H18N2O. The average molecular weight is 230 g/mol. The number of hydrogen-bond acceptors (Lipinski definition) is 3. The standard InChI is InChI=1S/C7H9NO.C7H9N/c1-5-2-3-6(8)7(9)4-5;1-6-3-2-4-7(8)5-6/h2-4,9H,8H2,1H3;2-5H,8H2,1H3. The van der Waals surface area contributed by atoms with Crippen molar-refractivity contribution in [2.24, 2.45) is 0 Å². The molecule has 5 N–H and O–H groups in total. The molecular weight excluding hydrogens is 212 g/mol. The van der Waals surface area contributed by atoms with Gasteiger partial charge in [-0.1, -0.05) is 18.2 Å². The van der Waals surface area contributed by atoms with Gasteiger partial charge in [-0.25, -0.2) is 0 Å². The maximum absolute atomic E-state index is 8.98. The molecule has 3 nitrogen and oxygen atoms in total. The van der Waals surface area contributed by atoms with Crippen molar-refractivity contribution < 1.29 is 5.11 Å². The van der Waals surface area contributed by atoms with Crippen molar-refractivity contribution in [1.82, 2.24) is 0 Å². The van der Waals surface area contributed by atoms with Crippen LogP contribution in [0, 0.1) is 13.8 Å². The van der Waals surface area contributed by atoms with Gasteiger partial charge in [0.05, 0.1) is 5.69 Å². The number of phenolic OH excluding ortho intramolecular Hbond substituents is 1. The van der Waals surface area contributed by atoms with Crippen molar-refractivity contribution in [2.75, 3.05) is 11.5 Å². The summed E-state index contributed by atoms with van der Waals surface area (Å²) < 4.78 is 0. The molecule has 2 rings (SSSR count). The molecule has 17 heavy (non-hydrogen) atoms. The number of aromatic hydroxyl groups is 1. The minimum Gasteiger partial charge on any atom is -0.506 e. The summed E-state index contributed by atoms with van der Waals surface area (Å²) in [5.74, 6) is 0.162. The number of benzene rings is 2. The minimum atomic E-state index is 0.162. The van der Waals surface area contributed by atoms with Gasteiger partial charge in [0.15, 0.2) is 0 Å². The van der Waals surface area contributed by atoms with Gasteiger partial charge < -0.3 is 16.6 Å². The van der Waals surface area contributed by atoms with Crippen molar-refractivity contribution in [3.8, 4) is 5.75 Å². The van der Waals surface area contributed by atoms with Gasteiger partial charge in [-0.3, -0.25) is 0 Å². The van der Waals surface area contributed by atoms with Crippen LogP contribution in [0.3, 0.4) is 0 Å². The molecule has 0 aliphatic rings. The molecule has 0 bridgehead atoms. The Kier molecular flexibility index (Phi) is 4.40. The lowest BCUT2D eigenvalue weighted by Gasteiger charge is -1.97. The van der Waals surface area contributed by atoms with Crippen LogP contribution in [0.5, 0.6) is 5.75 Å². The van der Waals surface area contributed by atoms with E-state index in [9.17, 15) is 0 Å². The second-order valence-electron chi connectivity index (χ2n) is 3.98. The number of rotatable bonds is 0. The Morgan fingerprint density at radius 3 is 1.94 bits per heavy atom. The van der Waals surface area contributed by atoms with Crippen LogP contribution in [-0.4, -0.2) is 5.11 Å². The first-order valence-electron chi connectivity index (χ1n) is 5.36. The predicted molar refractivity (Wildman–Crippen MR) is 72.8 cm³/mol. The summed E-state index contributed by atoms with van der Waals surface area (Å²) in [4.78, 5) is 0. The lowest BCUT2D eigenvalue weighted by Crippen LogP contribution is -1.84. The van der Waals surface area contributed by atoms with E-state index in [2.05, 4.69) is 0 Å². The van der Waals surface area contributed by atoms with Gasteiger partial charge in [0.1, 0.15) is 5.75 Å². The highest BCUT2D eigenvalue weighted by Gasteiger charge is 1.92. The number of hydrogen-bond donors (Lipinski definition) is 3. The van der Waals surface area contributed by atoms with E-state index in [4.69, 9.17) is 16.6 Å². The number of nitrogen functional groups attached to an aromatic ring is 2. The predicted octanol–water partition coefficient (Wildman–Crippen LogP) is 2.86. The summed E-state index contributed by atoms with van der Waals surface area (Å²) in [6.45, 7) is 3.93. The van der Waals surface area contributed by atoms with Gasteiger partial charge in [-0.15, -0.1) is 0 Å². The summed E-state index contributed by atoms with van der Waals surface area (Å²) in [6.07, 6.45) is 0. The largest absolute Gasteiger partial charge is 0.506 e. The van der Waals surface area contributed by atoms with Crippen LogP contribution in [0.4, 0.5) is 11.4 Å². The van der Waals surface area contributed by atoms with Gasteiger partial charge in [0.25, 0.3) is 0 Å². The zero-order chi connectivity index (χ0) is 12.8. The summed E-state index contributed by atoms with van der Waals surface area (Å²) in [5.41, 5.74) is 14.3. The number of aryl methyl sites for hydroxylation is 2. The van der Waals surface area contributed by atoms with Crippen molar-refractivity contribution in [2.45, 2.75) is 13.8 Å². The summed E-state index contributed by atoms with van der Waals surface area (Å²) >= 11 is 0. The smallest absolute Gasteiger partial charge is 0.138 e. The Balaban J connectivity index is 0.000000171. The molecule has 0 unspecified atom stereocenters. The Labute approximate surface area is 102 Å². The first-order chi connectivity index (χ1) is 7.99. The molecule has 0 radical (unpaired) electrons. The number of anilines is 2. The van der Waals surface area contributed by atoms with E-state index in [0.29, 0.717) is 5.69 Å². The number of phenols is 1. The van der Waals surface area contributed by atoms with Gasteiger partial charge in [-0.2, -0.15) is 0 Å². The Hall–Kier alpha value is -2.16. The topological polar surface area (TPSA) is 72.3 Å². The average Bonchev–Trinajstić information content (AvgIpc) is 2.24. The molecule has 2 aromatic carbocycles. The first kappa shape index (κ1) is 12.9. The highest BCUT2D eigenvalue weighted by Crippen LogP contribution is 2.19. The maximum Gasteiger partial charge on any atom is 0.138 e. The van der Waals surface area contributed by atoms with Crippen LogP contribution in [0.25, 0.3) is 0 Å². The molecule has 0 amide bonds. The molecule has 0 fully saturated rings. The minimum absolute atomic E-state index is 0.162. The molecule has 0 atom stereocenters. The normalized spacial score (nSPS) is 9.29. The monoisotopic (exact) mass is 230 g/mol. The molecule has 90 valence electrons. The molecule has 0 saturated heterocycles. The Morgan fingerprint density at radius 1 is 0.882 bits per heavy atom.